The first kappa shape index (κ1) is 38.9. The Balaban J connectivity index is 1.50. The van der Waals surface area contributed by atoms with Crippen molar-refractivity contribution < 1.29 is 43.2 Å². The Kier molecular flexibility index (Phi) is 14.6. The molecule has 0 saturated carbocycles. The minimum Gasteiger partial charge on any atom is -0.459 e. The van der Waals surface area contributed by atoms with Crippen LogP contribution in [0.5, 0.6) is 0 Å². The number of amides is 3. The molecule has 3 rings (SSSR count). The van der Waals surface area contributed by atoms with Crippen LogP contribution in [0.1, 0.15) is 60.3 Å². The highest BCUT2D eigenvalue weighted by atomic mass is 79.9. The molecule has 47 heavy (non-hydrogen) atoms. The summed E-state index contributed by atoms with van der Waals surface area (Å²) in [5.74, 6) is -0.604. The average molecular weight is 727 g/mol. The topological polar surface area (TPSA) is 147 Å². The second-order valence-corrected chi connectivity index (χ2v) is 13.7. The Labute approximate surface area is 287 Å². The molecule has 1 spiro atoms. The largest absolute Gasteiger partial charge is 0.459 e. The van der Waals surface area contributed by atoms with E-state index < -0.39 is 36.0 Å². The third kappa shape index (κ3) is 11.8. The van der Waals surface area contributed by atoms with E-state index in [9.17, 15) is 24.3 Å². The van der Waals surface area contributed by atoms with Crippen LogP contribution in [0.2, 0.25) is 0 Å². The van der Waals surface area contributed by atoms with Crippen molar-refractivity contribution in [2.24, 2.45) is 5.92 Å². The molecule has 0 radical (unpaired) electrons. The second-order valence-electron chi connectivity index (χ2n) is 13.1. The van der Waals surface area contributed by atoms with Crippen molar-refractivity contribution >= 4 is 39.6 Å². The standard InChI is InChI=1S/C34H52BrN3O9/c1-21(8-11-28-22(2)16-27(24(4)46-28)36-30(40)13-10-23(3)45-25(5)39)9-12-29-33(43)34(20-44-34)18-26(47-29)17-31(41)37(6)14-15-38(7)32(42)19-35/h8-10,12-13,22-24,26-29,33,43H,11,14-20H2,1-7H3,(H,36,40)/b12-9+,13-10-,21-8+/t22?,23?,24?,26-,27?,28?,29?,33-,34?/m1/s1. The first-order valence-corrected chi connectivity index (χ1v) is 17.4. The molecule has 3 amide bonds. The van der Waals surface area contributed by atoms with Crippen molar-refractivity contribution in [3.63, 3.8) is 0 Å². The van der Waals surface area contributed by atoms with E-state index in [4.69, 9.17) is 18.9 Å². The van der Waals surface area contributed by atoms with E-state index in [1.54, 1.807) is 36.9 Å². The number of nitrogens with zero attached hydrogens (tertiary/aromatic N) is 2. The minimum absolute atomic E-state index is 0.0227. The van der Waals surface area contributed by atoms with Crippen LogP contribution in [-0.4, -0.2) is 126 Å². The van der Waals surface area contributed by atoms with E-state index in [-0.39, 0.29) is 53.6 Å². The number of nitrogens with one attached hydrogen (secondary N) is 1. The molecule has 0 aromatic carbocycles. The molecule has 0 aliphatic carbocycles. The number of esters is 1. The third-order valence-corrected chi connectivity index (χ3v) is 9.54. The van der Waals surface area contributed by atoms with Gasteiger partial charge >= 0.3 is 5.97 Å². The van der Waals surface area contributed by atoms with Gasteiger partial charge in [-0.3, -0.25) is 19.2 Å². The van der Waals surface area contributed by atoms with Crippen molar-refractivity contribution in [2.75, 3.05) is 39.1 Å². The Morgan fingerprint density at radius 1 is 1.09 bits per heavy atom. The SMILES string of the molecule is CC(=O)OC(C)/C=C\C(=O)NC1CC(C)C(C/C=C(C)/C=C/C2O[C@H](CC(=O)N(C)CCN(C)C(=O)CBr)CC3(CO3)[C@@H]2O)OC1C. The third-order valence-electron chi connectivity index (χ3n) is 9.06. The molecule has 7 unspecified atom stereocenters. The summed E-state index contributed by atoms with van der Waals surface area (Å²) in [7, 11) is 3.41. The first-order valence-electron chi connectivity index (χ1n) is 16.3. The summed E-state index contributed by atoms with van der Waals surface area (Å²) in [6, 6.07) is -0.140. The molecule has 0 aromatic rings. The maximum atomic E-state index is 12.9. The highest BCUT2D eigenvalue weighted by Gasteiger charge is 2.58. The van der Waals surface area contributed by atoms with Gasteiger partial charge in [0.25, 0.3) is 0 Å². The van der Waals surface area contributed by atoms with Crippen molar-refractivity contribution in [3.8, 4) is 0 Å². The quantitative estimate of drug-likeness (QED) is 0.0907. The average Bonchev–Trinajstić information content (AvgIpc) is 3.79. The Morgan fingerprint density at radius 3 is 2.36 bits per heavy atom. The lowest BCUT2D eigenvalue weighted by Gasteiger charge is -2.39. The molecule has 2 N–H and O–H groups in total. The van der Waals surface area contributed by atoms with Gasteiger partial charge in [-0.25, -0.2) is 0 Å². The van der Waals surface area contributed by atoms with Crippen LogP contribution < -0.4 is 5.32 Å². The number of carbonyl (C=O) groups excluding carboxylic acids is 4. The number of likely N-dealkylation sites (N-methyl/N-ethyl adjacent to an activating group) is 2. The fourth-order valence-corrected chi connectivity index (χ4v) is 6.32. The van der Waals surface area contributed by atoms with Crippen LogP contribution >= 0.6 is 15.9 Å². The first-order chi connectivity index (χ1) is 22.1. The molecular formula is C34H52BrN3O9. The van der Waals surface area contributed by atoms with Gasteiger partial charge in [0.05, 0.1) is 42.7 Å². The van der Waals surface area contributed by atoms with Gasteiger partial charge in [0.1, 0.15) is 23.9 Å². The number of allylic oxidation sites excluding steroid dienone is 2. The summed E-state index contributed by atoms with van der Waals surface area (Å²) < 4.78 is 23.2. The number of epoxide rings is 1. The highest BCUT2D eigenvalue weighted by Crippen LogP contribution is 2.43. The maximum absolute atomic E-state index is 12.9. The lowest BCUT2D eigenvalue weighted by atomic mass is 9.87. The number of aliphatic hydroxyl groups excluding tert-OH is 1. The van der Waals surface area contributed by atoms with Gasteiger partial charge in [-0.15, -0.1) is 0 Å². The molecule has 3 fully saturated rings. The van der Waals surface area contributed by atoms with Gasteiger partial charge in [-0.05, 0) is 45.6 Å². The molecule has 3 aliphatic rings. The molecule has 3 saturated heterocycles. The summed E-state index contributed by atoms with van der Waals surface area (Å²) >= 11 is 3.16. The number of carbonyl (C=O) groups is 4. The fourth-order valence-electron chi connectivity index (χ4n) is 5.89. The zero-order chi connectivity index (χ0) is 34.9. The van der Waals surface area contributed by atoms with Gasteiger partial charge in [-0.1, -0.05) is 46.7 Å². The maximum Gasteiger partial charge on any atom is 0.303 e. The summed E-state index contributed by atoms with van der Waals surface area (Å²) in [6.45, 7) is 10.3. The molecule has 0 bridgehead atoms. The van der Waals surface area contributed by atoms with Gasteiger partial charge < -0.3 is 39.2 Å². The number of ether oxygens (including phenoxy) is 4. The zero-order valence-electron chi connectivity index (χ0n) is 28.6. The Bertz CT molecular complexity index is 1200. The van der Waals surface area contributed by atoms with Crippen LogP contribution in [0.15, 0.2) is 36.0 Å². The van der Waals surface area contributed by atoms with E-state index in [0.717, 1.165) is 12.0 Å². The summed E-state index contributed by atoms with van der Waals surface area (Å²) in [5, 5.41) is 14.2. The number of aliphatic hydroxyl groups is 1. The number of halogens is 1. The Hall–Kier alpha value is -2.58. The van der Waals surface area contributed by atoms with Crippen molar-refractivity contribution in [2.45, 2.75) is 109 Å². The second kappa shape index (κ2) is 17.7. The van der Waals surface area contributed by atoms with Crippen molar-refractivity contribution in [1.82, 2.24) is 15.1 Å². The van der Waals surface area contributed by atoms with Crippen LogP contribution in [0.4, 0.5) is 0 Å². The van der Waals surface area contributed by atoms with E-state index in [1.807, 2.05) is 26.0 Å². The number of hydrogen-bond acceptors (Lipinski definition) is 9. The highest BCUT2D eigenvalue weighted by molar-refractivity contribution is 9.09. The predicted molar refractivity (Wildman–Crippen MR) is 180 cm³/mol. The van der Waals surface area contributed by atoms with Crippen LogP contribution in [0, 0.1) is 5.92 Å². The molecule has 12 nitrogen and oxygen atoms in total. The summed E-state index contributed by atoms with van der Waals surface area (Å²) in [5.41, 5.74) is 0.290. The zero-order valence-corrected chi connectivity index (χ0v) is 30.2. The lowest BCUT2D eigenvalue weighted by molar-refractivity contribution is -0.150. The normalized spacial score (nSPS) is 31.5. The molecule has 9 atom stereocenters. The fraction of sp³-hybridized carbons (Fsp3) is 0.706. The molecule has 3 heterocycles. The van der Waals surface area contributed by atoms with Crippen LogP contribution in [-0.2, 0) is 38.1 Å². The van der Waals surface area contributed by atoms with Gasteiger partial charge in [0.2, 0.25) is 17.7 Å². The van der Waals surface area contributed by atoms with Gasteiger partial charge in [-0.2, -0.15) is 0 Å². The van der Waals surface area contributed by atoms with Gasteiger partial charge in [0.15, 0.2) is 0 Å². The minimum atomic E-state index is -0.839. The van der Waals surface area contributed by atoms with E-state index in [0.29, 0.717) is 32.5 Å². The molecule has 13 heteroatoms. The lowest BCUT2D eigenvalue weighted by Crippen LogP contribution is -2.51. The molecule has 0 aromatic heterocycles. The molecule has 3 aliphatic heterocycles. The number of hydrogen-bond donors (Lipinski definition) is 2. The van der Waals surface area contributed by atoms with E-state index in [1.165, 1.54) is 13.0 Å². The van der Waals surface area contributed by atoms with Crippen LogP contribution in [0.3, 0.4) is 0 Å². The van der Waals surface area contributed by atoms with Crippen LogP contribution in [0.25, 0.3) is 0 Å². The van der Waals surface area contributed by atoms with Crippen molar-refractivity contribution in [1.29, 1.82) is 0 Å². The molecule has 264 valence electrons. The smallest absolute Gasteiger partial charge is 0.303 e. The number of alkyl halides is 1. The molecular weight excluding hydrogens is 674 g/mol. The number of rotatable bonds is 14. The van der Waals surface area contributed by atoms with Crippen molar-refractivity contribution in [3.05, 3.63) is 36.0 Å². The van der Waals surface area contributed by atoms with E-state index in [2.05, 4.69) is 34.2 Å². The van der Waals surface area contributed by atoms with Gasteiger partial charge in [0, 0.05) is 46.6 Å². The summed E-state index contributed by atoms with van der Waals surface area (Å²) in [6.07, 6.45) is 8.25. The monoisotopic (exact) mass is 725 g/mol. The summed E-state index contributed by atoms with van der Waals surface area (Å²) in [4.78, 5) is 51.4. The Morgan fingerprint density at radius 2 is 1.74 bits per heavy atom. The predicted octanol–water partition coefficient (Wildman–Crippen LogP) is 2.67. The van der Waals surface area contributed by atoms with E-state index >= 15 is 0 Å².